The Morgan fingerprint density at radius 3 is 2.40 bits per heavy atom. The quantitative estimate of drug-likeness (QED) is 0.398. The molecule has 1 aromatic heterocycles. The first-order valence-corrected chi connectivity index (χ1v) is 11.8. The summed E-state index contributed by atoms with van der Waals surface area (Å²) < 4.78 is 14.9. The van der Waals surface area contributed by atoms with E-state index in [9.17, 15) is 18.8 Å². The monoisotopic (exact) mass is 498 g/mol. The molecule has 0 radical (unpaired) electrons. The van der Waals surface area contributed by atoms with Gasteiger partial charge in [-0.3, -0.25) is 19.3 Å². The minimum Gasteiger partial charge on any atom is -0.350 e. The third-order valence-electron chi connectivity index (χ3n) is 6.45. The maximum Gasteiger partial charge on any atom is 0.294 e. The largest absolute Gasteiger partial charge is 0.350 e. The number of hydrogen-bond acceptors (Lipinski definition) is 4. The molecular weight excluding hydrogens is 471 g/mol. The third-order valence-corrected chi connectivity index (χ3v) is 6.76. The first-order valence-electron chi connectivity index (χ1n) is 11.4. The average molecular weight is 499 g/mol. The molecule has 7 nitrogen and oxygen atoms in total. The Balaban J connectivity index is 1.57. The van der Waals surface area contributed by atoms with Crippen LogP contribution < -0.4 is 0 Å². The van der Waals surface area contributed by atoms with Gasteiger partial charge in [0.25, 0.3) is 17.6 Å². The molecule has 2 heterocycles. The average Bonchev–Trinajstić information content (AvgIpc) is 3.14. The molecule has 35 heavy (non-hydrogen) atoms. The molecule has 1 fully saturated rings. The van der Waals surface area contributed by atoms with E-state index in [4.69, 9.17) is 11.6 Å². The summed E-state index contributed by atoms with van der Waals surface area (Å²) in [5.74, 6) is -1.75. The van der Waals surface area contributed by atoms with Gasteiger partial charge in [-0.2, -0.15) is 0 Å². The van der Waals surface area contributed by atoms with Crippen molar-refractivity contribution in [1.29, 1.82) is 0 Å². The fraction of sp³-hybridized carbons (Fsp3) is 0.346. The summed E-state index contributed by atoms with van der Waals surface area (Å²) in [5.41, 5.74) is 2.22. The van der Waals surface area contributed by atoms with Crippen LogP contribution in [0.4, 0.5) is 4.39 Å². The zero-order valence-electron chi connectivity index (χ0n) is 20.2. The van der Waals surface area contributed by atoms with Crippen LogP contribution in [0.25, 0.3) is 10.9 Å². The topological polar surface area (TPSA) is 65.9 Å². The Kier molecular flexibility index (Phi) is 6.96. The van der Waals surface area contributed by atoms with Gasteiger partial charge in [0.2, 0.25) is 0 Å². The molecule has 1 atom stereocenters. The number of hydrogen-bond donors (Lipinski definition) is 0. The number of rotatable bonds is 5. The van der Waals surface area contributed by atoms with Gasteiger partial charge in [0.15, 0.2) is 0 Å². The molecule has 0 bridgehead atoms. The Morgan fingerprint density at radius 2 is 1.77 bits per heavy atom. The maximum absolute atomic E-state index is 13.5. The van der Waals surface area contributed by atoms with Crippen LogP contribution in [-0.2, 0) is 18.4 Å². The summed E-state index contributed by atoms with van der Waals surface area (Å²) >= 11 is 6.53. The summed E-state index contributed by atoms with van der Waals surface area (Å²) in [5, 5.41) is 0.811. The van der Waals surface area contributed by atoms with Crippen LogP contribution >= 0.6 is 11.6 Å². The zero-order valence-corrected chi connectivity index (χ0v) is 21.0. The molecule has 9 heteroatoms. The molecule has 4 rings (SSSR count). The van der Waals surface area contributed by atoms with E-state index in [0.29, 0.717) is 47.7 Å². The number of Topliss-reactive ketones (excluding diaryl/α,β-unsaturated/α-hetero) is 1. The van der Waals surface area contributed by atoms with Crippen molar-refractivity contribution in [3.05, 3.63) is 70.1 Å². The maximum atomic E-state index is 13.5. The van der Waals surface area contributed by atoms with Gasteiger partial charge in [-0.1, -0.05) is 23.7 Å². The molecule has 0 saturated carbocycles. The minimum absolute atomic E-state index is 0.0735. The number of halogens is 2. The Hall–Kier alpha value is -3.23. The lowest BCUT2D eigenvalue weighted by Crippen LogP contribution is -2.53. The number of aromatic nitrogens is 1. The predicted octanol–water partition coefficient (Wildman–Crippen LogP) is 3.59. The number of likely N-dealkylation sites (N-methyl/N-ethyl adjacent to an activating group) is 1. The summed E-state index contributed by atoms with van der Waals surface area (Å²) in [7, 11) is 4.81. The van der Waals surface area contributed by atoms with Crippen molar-refractivity contribution in [2.24, 2.45) is 7.05 Å². The summed E-state index contributed by atoms with van der Waals surface area (Å²) in [6.45, 7) is 4.49. The molecule has 2 aromatic carbocycles. The van der Waals surface area contributed by atoms with E-state index in [2.05, 4.69) is 4.90 Å². The Morgan fingerprint density at radius 1 is 1.09 bits per heavy atom. The number of carbonyl (C=O) groups excluding carboxylic acids is 3. The van der Waals surface area contributed by atoms with E-state index in [0.717, 1.165) is 5.56 Å². The van der Waals surface area contributed by atoms with Crippen LogP contribution in [0.3, 0.4) is 0 Å². The highest BCUT2D eigenvalue weighted by molar-refractivity contribution is 6.45. The number of piperazine rings is 1. The fourth-order valence-corrected chi connectivity index (χ4v) is 4.79. The first-order chi connectivity index (χ1) is 16.6. The van der Waals surface area contributed by atoms with Crippen molar-refractivity contribution < 1.29 is 18.8 Å². The molecule has 1 unspecified atom stereocenters. The molecule has 2 amide bonds. The van der Waals surface area contributed by atoms with Crippen molar-refractivity contribution in [3.8, 4) is 0 Å². The Labute approximate surface area is 208 Å². The highest BCUT2D eigenvalue weighted by Gasteiger charge is 2.30. The number of amides is 2. The van der Waals surface area contributed by atoms with Gasteiger partial charge in [0, 0.05) is 64.9 Å². The second-order valence-electron chi connectivity index (χ2n) is 9.24. The van der Waals surface area contributed by atoms with E-state index in [-0.39, 0.29) is 23.3 Å². The van der Waals surface area contributed by atoms with Gasteiger partial charge in [-0.15, -0.1) is 0 Å². The van der Waals surface area contributed by atoms with E-state index in [1.807, 2.05) is 6.92 Å². The highest BCUT2D eigenvalue weighted by atomic mass is 35.5. The molecule has 1 aliphatic rings. The van der Waals surface area contributed by atoms with E-state index in [1.54, 1.807) is 47.0 Å². The van der Waals surface area contributed by atoms with Gasteiger partial charge >= 0.3 is 0 Å². The lowest BCUT2D eigenvalue weighted by Gasteiger charge is -2.40. The van der Waals surface area contributed by atoms with Gasteiger partial charge < -0.3 is 14.4 Å². The molecule has 0 N–H and O–H groups in total. The van der Waals surface area contributed by atoms with Gasteiger partial charge in [0.1, 0.15) is 5.82 Å². The number of carbonyl (C=O) groups is 3. The van der Waals surface area contributed by atoms with Crippen molar-refractivity contribution in [2.75, 3.05) is 33.7 Å². The molecule has 184 valence electrons. The second kappa shape index (κ2) is 9.79. The van der Waals surface area contributed by atoms with E-state index in [1.165, 1.54) is 31.1 Å². The lowest BCUT2D eigenvalue weighted by atomic mass is 10.0. The van der Waals surface area contributed by atoms with Crippen molar-refractivity contribution in [1.82, 2.24) is 19.3 Å². The SMILES string of the molecule is CC1CN(Cc2ccc(F)cc2)CCN1C(=O)c1cc2c(C(=O)C(=O)N(C)C)cn(C)c2cc1Cl. The molecule has 3 aromatic rings. The first kappa shape index (κ1) is 24.9. The summed E-state index contributed by atoms with van der Waals surface area (Å²) in [4.78, 5) is 43.8. The van der Waals surface area contributed by atoms with Crippen LogP contribution in [0.15, 0.2) is 42.6 Å². The molecule has 0 spiro atoms. The van der Waals surface area contributed by atoms with Crippen LogP contribution in [0.1, 0.15) is 33.2 Å². The van der Waals surface area contributed by atoms with E-state index < -0.39 is 11.7 Å². The fourth-order valence-electron chi connectivity index (χ4n) is 4.55. The molecule has 1 aliphatic heterocycles. The van der Waals surface area contributed by atoms with Crippen LogP contribution in [0.2, 0.25) is 5.02 Å². The van der Waals surface area contributed by atoms with Gasteiger partial charge in [0.05, 0.1) is 21.7 Å². The normalized spacial score (nSPS) is 16.5. The van der Waals surface area contributed by atoms with Gasteiger partial charge in [-0.25, -0.2) is 4.39 Å². The number of nitrogens with zero attached hydrogens (tertiary/aromatic N) is 4. The zero-order chi connectivity index (χ0) is 25.4. The number of fused-ring (bicyclic) bond motifs is 1. The third kappa shape index (κ3) is 4.94. The standard InChI is InChI=1S/C26H28ClFN4O3/c1-16-13-31(14-17-5-7-18(28)8-6-17)9-10-32(16)25(34)20-11-19-21(24(33)26(35)29(2)3)15-30(4)23(19)12-22(20)27/h5-8,11-12,15-16H,9-10,13-14H2,1-4H3. The minimum atomic E-state index is -0.635. The van der Waals surface area contributed by atoms with Crippen LogP contribution in [0.5, 0.6) is 0 Å². The highest BCUT2D eigenvalue weighted by Crippen LogP contribution is 2.30. The van der Waals surface area contributed by atoms with Crippen molar-refractivity contribution in [3.63, 3.8) is 0 Å². The van der Waals surface area contributed by atoms with Crippen molar-refractivity contribution >= 4 is 40.1 Å². The van der Waals surface area contributed by atoms with Crippen LogP contribution in [-0.4, -0.2) is 76.6 Å². The number of aryl methyl sites for hydroxylation is 1. The number of benzene rings is 2. The summed E-state index contributed by atoms with van der Waals surface area (Å²) in [6, 6.07) is 9.65. The second-order valence-corrected chi connectivity index (χ2v) is 9.65. The molecule has 1 saturated heterocycles. The smallest absolute Gasteiger partial charge is 0.294 e. The molecule has 0 aliphatic carbocycles. The molecular formula is C26H28ClFN4O3. The Bertz CT molecular complexity index is 1300. The van der Waals surface area contributed by atoms with Crippen LogP contribution in [0, 0.1) is 5.82 Å². The van der Waals surface area contributed by atoms with Crippen molar-refractivity contribution in [2.45, 2.75) is 19.5 Å². The predicted molar refractivity (Wildman–Crippen MR) is 133 cm³/mol. The lowest BCUT2D eigenvalue weighted by molar-refractivity contribution is -0.124. The summed E-state index contributed by atoms with van der Waals surface area (Å²) in [6.07, 6.45) is 1.59. The number of ketones is 1. The van der Waals surface area contributed by atoms with Gasteiger partial charge in [-0.05, 0) is 36.8 Å². The van der Waals surface area contributed by atoms with E-state index >= 15 is 0 Å².